The first kappa shape index (κ1) is 28.2. The molecule has 0 atom stereocenters. The second-order valence-corrected chi connectivity index (χ2v) is 7.33. The summed E-state index contributed by atoms with van der Waals surface area (Å²) in [6.07, 6.45) is 1.28. The molecule has 1 heterocycles. The van der Waals surface area contributed by atoms with Gasteiger partial charge < -0.3 is 20.9 Å². The highest BCUT2D eigenvalue weighted by Gasteiger charge is 2.17. The first-order valence-corrected chi connectivity index (χ1v) is 11.1. The summed E-state index contributed by atoms with van der Waals surface area (Å²) in [6.45, 7) is 8.84. The Balaban J connectivity index is 0.00000544. The van der Waals surface area contributed by atoms with E-state index in [-0.39, 0.29) is 36.4 Å². The second kappa shape index (κ2) is 14.4. The monoisotopic (exact) mass is 566 g/mol. The Kier molecular flexibility index (Phi) is 12.3. The molecule has 1 aromatic carbocycles. The molecule has 0 aliphatic carbocycles. The van der Waals surface area contributed by atoms with E-state index in [0.717, 1.165) is 5.69 Å². The number of halogens is 1. The molecule has 0 saturated carbocycles. The van der Waals surface area contributed by atoms with Gasteiger partial charge in [-0.05, 0) is 45.7 Å². The molecular weight excluding hydrogens is 531 g/mol. The third-order valence-corrected chi connectivity index (χ3v) is 5.12. The molecule has 0 aliphatic heterocycles. The minimum absolute atomic E-state index is 0. The third kappa shape index (κ3) is 7.63. The van der Waals surface area contributed by atoms with E-state index in [1.807, 2.05) is 63.1 Å². The first-order valence-electron chi connectivity index (χ1n) is 11.1. The van der Waals surface area contributed by atoms with Gasteiger partial charge in [0.25, 0.3) is 0 Å². The van der Waals surface area contributed by atoms with Crippen molar-refractivity contribution < 1.29 is 4.79 Å². The van der Waals surface area contributed by atoms with Gasteiger partial charge in [-0.25, -0.2) is 4.68 Å². The summed E-state index contributed by atoms with van der Waals surface area (Å²) >= 11 is 0. The largest absolute Gasteiger partial charge is 0.382 e. The van der Waals surface area contributed by atoms with Crippen LogP contribution in [0.15, 0.2) is 35.3 Å². The van der Waals surface area contributed by atoms with Crippen molar-refractivity contribution in [1.29, 1.82) is 5.26 Å². The predicted molar refractivity (Wildman–Crippen MR) is 143 cm³/mol. The van der Waals surface area contributed by atoms with E-state index >= 15 is 0 Å². The maximum absolute atomic E-state index is 12.4. The lowest BCUT2D eigenvalue weighted by Crippen LogP contribution is -2.45. The summed E-state index contributed by atoms with van der Waals surface area (Å²) in [4.78, 5) is 20.7. The van der Waals surface area contributed by atoms with Crippen LogP contribution in [0.3, 0.4) is 0 Å². The molecule has 2 aromatic rings. The average Bonchev–Trinajstić information content (AvgIpc) is 3.12. The average molecular weight is 566 g/mol. The summed E-state index contributed by atoms with van der Waals surface area (Å²) in [7, 11) is 1.86. The summed E-state index contributed by atoms with van der Waals surface area (Å²) in [5, 5.41) is 17.3. The summed E-state index contributed by atoms with van der Waals surface area (Å²) in [5.41, 5.74) is 8.06. The van der Waals surface area contributed by atoms with Crippen molar-refractivity contribution >= 4 is 41.7 Å². The van der Waals surface area contributed by atoms with Gasteiger partial charge in [0.05, 0.1) is 17.9 Å². The number of hydrogen-bond donors (Lipinski definition) is 2. The number of benzene rings is 1. The van der Waals surface area contributed by atoms with Crippen LogP contribution in [0, 0.1) is 11.3 Å². The number of hydrogen-bond acceptors (Lipinski definition) is 5. The fourth-order valence-electron chi connectivity index (χ4n) is 3.40. The number of nitrogens with two attached hydrogens (primary N) is 1. The SMILES string of the molecule is CCNC(=NCCCc1nn(-c2ccccc2)c(N)c1C#N)N(C)CC(=O)N(CC)CC.I. The molecule has 2 rings (SSSR count). The fourth-order valence-corrected chi connectivity index (χ4v) is 3.40. The van der Waals surface area contributed by atoms with E-state index in [1.54, 1.807) is 9.58 Å². The zero-order valence-corrected chi connectivity index (χ0v) is 22.2. The maximum Gasteiger partial charge on any atom is 0.242 e. The number of rotatable bonds is 10. The van der Waals surface area contributed by atoms with Crippen LogP contribution < -0.4 is 11.1 Å². The maximum atomic E-state index is 12.4. The van der Waals surface area contributed by atoms with Gasteiger partial charge in [0.1, 0.15) is 17.5 Å². The van der Waals surface area contributed by atoms with Crippen LogP contribution >= 0.6 is 24.0 Å². The van der Waals surface area contributed by atoms with Crippen LogP contribution in [0.25, 0.3) is 5.69 Å². The number of nitrogens with zero attached hydrogens (tertiary/aromatic N) is 6. The molecule has 1 aromatic heterocycles. The number of carbonyl (C=O) groups is 1. The highest BCUT2D eigenvalue weighted by Crippen LogP contribution is 2.21. The number of anilines is 1. The van der Waals surface area contributed by atoms with Gasteiger partial charge in [-0.3, -0.25) is 9.79 Å². The van der Waals surface area contributed by atoms with Crippen molar-refractivity contribution in [2.45, 2.75) is 33.6 Å². The summed E-state index contributed by atoms with van der Waals surface area (Å²) < 4.78 is 1.60. The van der Waals surface area contributed by atoms with Crippen molar-refractivity contribution in [2.75, 3.05) is 45.5 Å². The highest BCUT2D eigenvalue weighted by atomic mass is 127. The van der Waals surface area contributed by atoms with Crippen molar-refractivity contribution in [3.8, 4) is 11.8 Å². The van der Waals surface area contributed by atoms with Crippen molar-refractivity contribution in [1.82, 2.24) is 24.9 Å². The van der Waals surface area contributed by atoms with Crippen LogP contribution in [0.2, 0.25) is 0 Å². The Hall–Kier alpha value is -2.81. The number of aromatic nitrogens is 2. The number of likely N-dealkylation sites (N-methyl/N-ethyl adjacent to an activating group) is 2. The number of nitriles is 1. The first-order chi connectivity index (χ1) is 15.5. The number of amides is 1. The van der Waals surface area contributed by atoms with Gasteiger partial charge in [0, 0.05) is 33.2 Å². The fraction of sp³-hybridized carbons (Fsp3) is 0.478. The number of guanidine groups is 1. The Labute approximate surface area is 213 Å². The van der Waals surface area contributed by atoms with Crippen molar-refractivity contribution in [3.63, 3.8) is 0 Å². The molecule has 0 fully saturated rings. The lowest BCUT2D eigenvalue weighted by Gasteiger charge is -2.25. The molecule has 0 radical (unpaired) electrons. The van der Waals surface area contributed by atoms with Crippen LogP contribution in [-0.2, 0) is 11.2 Å². The molecule has 10 heteroatoms. The standard InChI is InChI=1S/C23H34N8O.HI/c1-5-26-23(29(4)17-21(32)30(6-2)7-3)27-15-11-14-20-19(16-24)22(25)31(28-20)18-12-9-8-10-13-18;/h8-10,12-13H,5-7,11,14-15,17,25H2,1-4H3,(H,26,27);1H. The zero-order valence-electron chi connectivity index (χ0n) is 19.9. The highest BCUT2D eigenvalue weighted by molar-refractivity contribution is 14.0. The van der Waals surface area contributed by atoms with Crippen LogP contribution in [0.1, 0.15) is 38.4 Å². The third-order valence-electron chi connectivity index (χ3n) is 5.12. The normalized spacial score (nSPS) is 10.8. The zero-order chi connectivity index (χ0) is 23.5. The molecule has 0 aliphatic rings. The van der Waals surface area contributed by atoms with Crippen molar-refractivity contribution in [3.05, 3.63) is 41.6 Å². The predicted octanol–water partition coefficient (Wildman–Crippen LogP) is 2.64. The molecule has 0 saturated heterocycles. The van der Waals surface area contributed by atoms with Gasteiger partial charge in [-0.1, -0.05) is 18.2 Å². The Morgan fingerprint density at radius 2 is 1.91 bits per heavy atom. The van der Waals surface area contributed by atoms with Crippen LogP contribution in [-0.4, -0.2) is 71.2 Å². The number of carbonyl (C=O) groups excluding carboxylic acids is 1. The number of aryl methyl sites for hydroxylation is 1. The molecule has 3 N–H and O–H groups in total. The van der Waals surface area contributed by atoms with E-state index in [1.165, 1.54) is 0 Å². The Morgan fingerprint density at radius 1 is 1.24 bits per heavy atom. The summed E-state index contributed by atoms with van der Waals surface area (Å²) in [5.74, 6) is 1.10. The van der Waals surface area contributed by atoms with Gasteiger partial charge in [0.15, 0.2) is 5.96 Å². The minimum atomic E-state index is 0. The topological polar surface area (TPSA) is 116 Å². The molecule has 0 bridgehead atoms. The minimum Gasteiger partial charge on any atom is -0.382 e. The molecule has 0 unspecified atom stereocenters. The Morgan fingerprint density at radius 3 is 2.48 bits per heavy atom. The summed E-state index contributed by atoms with van der Waals surface area (Å²) in [6, 6.07) is 11.7. The number of aliphatic imine (C=N–C) groups is 1. The molecule has 1 amide bonds. The number of para-hydroxylation sites is 1. The van der Waals surface area contributed by atoms with E-state index < -0.39 is 0 Å². The van der Waals surface area contributed by atoms with Gasteiger partial charge in [-0.15, -0.1) is 24.0 Å². The molecule has 9 nitrogen and oxygen atoms in total. The van der Waals surface area contributed by atoms with Crippen molar-refractivity contribution in [2.24, 2.45) is 4.99 Å². The van der Waals surface area contributed by atoms with E-state index in [9.17, 15) is 10.1 Å². The smallest absolute Gasteiger partial charge is 0.242 e. The molecule has 33 heavy (non-hydrogen) atoms. The van der Waals surface area contributed by atoms with Gasteiger partial charge in [-0.2, -0.15) is 10.4 Å². The van der Waals surface area contributed by atoms with Crippen LogP contribution in [0.5, 0.6) is 0 Å². The Bertz CT molecular complexity index is 947. The lowest BCUT2D eigenvalue weighted by atomic mass is 10.1. The van der Waals surface area contributed by atoms with E-state index in [4.69, 9.17) is 5.73 Å². The molecule has 0 spiro atoms. The van der Waals surface area contributed by atoms with E-state index in [0.29, 0.717) is 62.1 Å². The second-order valence-electron chi connectivity index (χ2n) is 7.33. The lowest BCUT2D eigenvalue weighted by molar-refractivity contribution is -0.131. The van der Waals surface area contributed by atoms with Gasteiger partial charge >= 0.3 is 0 Å². The molecule has 180 valence electrons. The number of nitrogen functional groups attached to an aromatic ring is 1. The van der Waals surface area contributed by atoms with Gasteiger partial charge in [0.2, 0.25) is 5.91 Å². The molecular formula is C23H35IN8O. The quantitative estimate of drug-likeness (QED) is 0.198. The number of nitrogens with one attached hydrogen (secondary N) is 1. The van der Waals surface area contributed by atoms with E-state index in [2.05, 4.69) is 21.5 Å². The van der Waals surface area contributed by atoms with Crippen LogP contribution in [0.4, 0.5) is 5.82 Å².